The molecule has 0 aliphatic heterocycles. The molecule has 0 radical (unpaired) electrons. The van der Waals surface area contributed by atoms with Crippen molar-refractivity contribution in [3.63, 3.8) is 0 Å². The first kappa shape index (κ1) is 14.4. The van der Waals surface area contributed by atoms with Gasteiger partial charge in [0.25, 0.3) is 0 Å². The quantitative estimate of drug-likeness (QED) is 0.867. The summed E-state index contributed by atoms with van der Waals surface area (Å²) in [5, 5.41) is 3.70. The van der Waals surface area contributed by atoms with Gasteiger partial charge in [-0.15, -0.1) is 0 Å². The molecule has 0 saturated heterocycles. The summed E-state index contributed by atoms with van der Waals surface area (Å²) < 4.78 is 0. The van der Waals surface area contributed by atoms with Gasteiger partial charge in [-0.1, -0.05) is 38.0 Å². The van der Waals surface area contributed by atoms with Crippen LogP contribution in [0.1, 0.15) is 45.1 Å². The Morgan fingerprint density at radius 2 is 1.89 bits per heavy atom. The molecule has 2 atom stereocenters. The monoisotopic (exact) mass is 260 g/mol. The topological polar surface area (TPSA) is 15.3 Å². The molecule has 0 heterocycles. The second-order valence-corrected chi connectivity index (χ2v) is 5.59. The first-order valence-corrected chi connectivity index (χ1v) is 7.83. The summed E-state index contributed by atoms with van der Waals surface area (Å²) in [6.45, 7) is 8.90. The molecule has 0 bridgehead atoms. The second-order valence-electron chi connectivity index (χ2n) is 5.59. The molecule has 2 heteroatoms. The Labute approximate surface area is 118 Å². The Hall–Kier alpha value is -1.02. The zero-order valence-electron chi connectivity index (χ0n) is 12.7. The van der Waals surface area contributed by atoms with Crippen LogP contribution in [0.3, 0.4) is 0 Å². The van der Waals surface area contributed by atoms with Crippen molar-refractivity contribution < 1.29 is 0 Å². The van der Waals surface area contributed by atoms with Crippen LogP contribution in [-0.2, 0) is 0 Å². The average molecular weight is 260 g/mol. The molecule has 2 rings (SSSR count). The van der Waals surface area contributed by atoms with Crippen LogP contribution < -0.4 is 10.2 Å². The first-order chi connectivity index (χ1) is 9.27. The van der Waals surface area contributed by atoms with E-state index in [2.05, 4.69) is 55.3 Å². The minimum atomic E-state index is 0.651. The number of rotatable bonds is 5. The summed E-state index contributed by atoms with van der Waals surface area (Å²) in [6, 6.07) is 10.1. The maximum absolute atomic E-state index is 3.70. The summed E-state index contributed by atoms with van der Waals surface area (Å²) in [7, 11) is 0. The highest BCUT2D eigenvalue weighted by molar-refractivity contribution is 5.54. The molecule has 0 aromatic heterocycles. The van der Waals surface area contributed by atoms with E-state index in [9.17, 15) is 0 Å². The van der Waals surface area contributed by atoms with Gasteiger partial charge in [0, 0.05) is 24.3 Å². The van der Waals surface area contributed by atoms with E-state index in [1.165, 1.54) is 36.9 Å². The molecule has 1 saturated carbocycles. The van der Waals surface area contributed by atoms with Crippen LogP contribution >= 0.6 is 0 Å². The van der Waals surface area contributed by atoms with E-state index < -0.39 is 0 Å². The summed E-state index contributed by atoms with van der Waals surface area (Å²) in [4.78, 5) is 2.61. The number of anilines is 1. The lowest BCUT2D eigenvalue weighted by Gasteiger charge is -2.42. The lowest BCUT2D eigenvalue weighted by Crippen LogP contribution is -2.52. The van der Waals surface area contributed by atoms with E-state index >= 15 is 0 Å². The number of hydrogen-bond donors (Lipinski definition) is 1. The van der Waals surface area contributed by atoms with Gasteiger partial charge in [0.1, 0.15) is 0 Å². The fourth-order valence-corrected chi connectivity index (χ4v) is 3.45. The molecule has 2 unspecified atom stereocenters. The van der Waals surface area contributed by atoms with Crippen LogP contribution in [0.2, 0.25) is 0 Å². The molecule has 0 spiro atoms. The van der Waals surface area contributed by atoms with Crippen LogP contribution in [0.5, 0.6) is 0 Å². The van der Waals surface area contributed by atoms with E-state index in [-0.39, 0.29) is 0 Å². The highest BCUT2D eigenvalue weighted by atomic mass is 15.2. The van der Waals surface area contributed by atoms with Gasteiger partial charge in [0.15, 0.2) is 0 Å². The first-order valence-electron chi connectivity index (χ1n) is 7.83. The number of nitrogens with zero attached hydrogens (tertiary/aromatic N) is 1. The molecule has 1 fully saturated rings. The third kappa shape index (κ3) is 3.30. The molecule has 0 amide bonds. The maximum atomic E-state index is 3.70. The molecule has 106 valence electrons. The number of aryl methyl sites for hydroxylation is 1. The van der Waals surface area contributed by atoms with Crippen molar-refractivity contribution in [1.29, 1.82) is 0 Å². The SMILES string of the molecule is CCNC1CCCCC1N(CC)c1ccccc1C. The van der Waals surface area contributed by atoms with Gasteiger partial charge in [-0.25, -0.2) is 0 Å². The fourth-order valence-electron chi connectivity index (χ4n) is 3.45. The van der Waals surface area contributed by atoms with Gasteiger partial charge in [0.05, 0.1) is 0 Å². The predicted octanol–water partition coefficient (Wildman–Crippen LogP) is 3.74. The third-order valence-corrected chi connectivity index (χ3v) is 4.36. The van der Waals surface area contributed by atoms with Crippen LogP contribution in [0.4, 0.5) is 5.69 Å². The Morgan fingerprint density at radius 3 is 2.58 bits per heavy atom. The molecular formula is C17H28N2. The van der Waals surface area contributed by atoms with Gasteiger partial charge >= 0.3 is 0 Å². The lowest BCUT2D eigenvalue weighted by molar-refractivity contribution is 0.318. The second kappa shape index (κ2) is 6.95. The van der Waals surface area contributed by atoms with Crippen LogP contribution in [0, 0.1) is 6.92 Å². The Balaban J connectivity index is 2.22. The van der Waals surface area contributed by atoms with Crippen molar-refractivity contribution in [2.24, 2.45) is 0 Å². The highest BCUT2D eigenvalue weighted by Gasteiger charge is 2.29. The average Bonchev–Trinajstić information content (AvgIpc) is 2.44. The van der Waals surface area contributed by atoms with Crippen molar-refractivity contribution in [2.45, 2.75) is 58.5 Å². The molecule has 1 N–H and O–H groups in total. The molecule has 1 aliphatic rings. The third-order valence-electron chi connectivity index (χ3n) is 4.36. The predicted molar refractivity (Wildman–Crippen MR) is 83.9 cm³/mol. The minimum Gasteiger partial charge on any atom is -0.367 e. The van der Waals surface area contributed by atoms with E-state index in [4.69, 9.17) is 0 Å². The number of hydrogen-bond acceptors (Lipinski definition) is 2. The van der Waals surface area contributed by atoms with Crippen molar-refractivity contribution in [2.75, 3.05) is 18.0 Å². The number of nitrogens with one attached hydrogen (secondary N) is 1. The van der Waals surface area contributed by atoms with Gasteiger partial charge in [-0.2, -0.15) is 0 Å². The number of para-hydroxylation sites is 1. The molecule has 1 aromatic carbocycles. The van der Waals surface area contributed by atoms with E-state index in [0.717, 1.165) is 13.1 Å². The zero-order chi connectivity index (χ0) is 13.7. The van der Waals surface area contributed by atoms with Crippen molar-refractivity contribution in [3.8, 4) is 0 Å². The summed E-state index contributed by atoms with van der Waals surface area (Å²) in [5.74, 6) is 0. The summed E-state index contributed by atoms with van der Waals surface area (Å²) in [6.07, 6.45) is 5.38. The van der Waals surface area contributed by atoms with Crippen molar-refractivity contribution in [1.82, 2.24) is 5.32 Å². The number of likely N-dealkylation sites (N-methyl/N-ethyl adjacent to an activating group) is 2. The maximum Gasteiger partial charge on any atom is 0.0443 e. The molecular weight excluding hydrogens is 232 g/mol. The van der Waals surface area contributed by atoms with Gasteiger partial charge < -0.3 is 10.2 Å². The van der Waals surface area contributed by atoms with Crippen molar-refractivity contribution >= 4 is 5.69 Å². The van der Waals surface area contributed by atoms with Gasteiger partial charge in [-0.05, 0) is 44.9 Å². The standard InChI is InChI=1S/C17H28N2/c1-4-18-15-11-7-9-13-17(15)19(5-2)16-12-8-6-10-14(16)3/h6,8,10,12,15,17-18H,4-5,7,9,11,13H2,1-3H3. The molecule has 1 aromatic rings. The number of benzene rings is 1. The Kier molecular flexibility index (Phi) is 5.26. The summed E-state index contributed by atoms with van der Waals surface area (Å²) >= 11 is 0. The molecule has 1 aliphatic carbocycles. The summed E-state index contributed by atoms with van der Waals surface area (Å²) in [5.41, 5.74) is 2.81. The fraction of sp³-hybridized carbons (Fsp3) is 0.647. The van der Waals surface area contributed by atoms with Crippen LogP contribution in [0.25, 0.3) is 0 Å². The largest absolute Gasteiger partial charge is 0.367 e. The van der Waals surface area contributed by atoms with Crippen LogP contribution in [-0.4, -0.2) is 25.2 Å². The van der Waals surface area contributed by atoms with Crippen molar-refractivity contribution in [3.05, 3.63) is 29.8 Å². The van der Waals surface area contributed by atoms with E-state index in [1.54, 1.807) is 0 Å². The molecule has 19 heavy (non-hydrogen) atoms. The normalized spacial score (nSPS) is 23.3. The molecule has 2 nitrogen and oxygen atoms in total. The van der Waals surface area contributed by atoms with E-state index in [1.807, 2.05) is 0 Å². The lowest BCUT2D eigenvalue weighted by atomic mass is 9.88. The van der Waals surface area contributed by atoms with Gasteiger partial charge in [0.2, 0.25) is 0 Å². The minimum absolute atomic E-state index is 0.651. The van der Waals surface area contributed by atoms with Gasteiger partial charge in [-0.3, -0.25) is 0 Å². The Bertz CT molecular complexity index is 387. The zero-order valence-corrected chi connectivity index (χ0v) is 12.7. The smallest absolute Gasteiger partial charge is 0.0443 e. The van der Waals surface area contributed by atoms with Crippen LogP contribution in [0.15, 0.2) is 24.3 Å². The van der Waals surface area contributed by atoms with E-state index in [0.29, 0.717) is 12.1 Å². The Morgan fingerprint density at radius 1 is 1.16 bits per heavy atom. The highest BCUT2D eigenvalue weighted by Crippen LogP contribution is 2.29.